The van der Waals surface area contributed by atoms with E-state index in [2.05, 4.69) is 23.2 Å². The summed E-state index contributed by atoms with van der Waals surface area (Å²) < 4.78 is 26.2. The average molecular weight is 313 g/mol. The maximum Gasteiger partial charge on any atom is 0.346 e. The van der Waals surface area contributed by atoms with Gasteiger partial charge in [-0.05, 0) is 6.92 Å². The van der Waals surface area contributed by atoms with Crippen LogP contribution in [-0.2, 0) is 10.0 Å². The molecule has 1 aromatic rings. The fraction of sp³-hybridized carbons (Fsp3) is 0.417. The molecule has 0 N–H and O–H groups in total. The normalized spacial score (nSPS) is 11.4. The number of nitrogens with zero attached hydrogens (tertiary/aromatic N) is 5. The van der Waals surface area contributed by atoms with Gasteiger partial charge < -0.3 is 4.90 Å². The van der Waals surface area contributed by atoms with Gasteiger partial charge in [-0.1, -0.05) is 12.2 Å². The van der Waals surface area contributed by atoms with E-state index in [9.17, 15) is 13.2 Å². The SMILES string of the molecule is C=CCN(CC)C(=O)n1cnc(S(=O)(=O)N(C)CC=C)n1. The van der Waals surface area contributed by atoms with Crippen molar-refractivity contribution in [2.24, 2.45) is 0 Å². The summed E-state index contributed by atoms with van der Waals surface area (Å²) in [5.41, 5.74) is 0. The van der Waals surface area contributed by atoms with E-state index in [1.165, 1.54) is 18.0 Å². The third kappa shape index (κ3) is 3.76. The van der Waals surface area contributed by atoms with Gasteiger partial charge in [0.15, 0.2) is 0 Å². The van der Waals surface area contributed by atoms with E-state index >= 15 is 0 Å². The Morgan fingerprint density at radius 3 is 2.52 bits per heavy atom. The van der Waals surface area contributed by atoms with Gasteiger partial charge in [0.1, 0.15) is 6.33 Å². The highest BCUT2D eigenvalue weighted by Gasteiger charge is 2.26. The van der Waals surface area contributed by atoms with Crippen molar-refractivity contribution in [1.82, 2.24) is 24.0 Å². The van der Waals surface area contributed by atoms with E-state index in [1.807, 2.05) is 0 Å². The molecule has 21 heavy (non-hydrogen) atoms. The van der Waals surface area contributed by atoms with Gasteiger partial charge in [-0.2, -0.15) is 8.99 Å². The van der Waals surface area contributed by atoms with Crippen LogP contribution in [0, 0.1) is 0 Å². The van der Waals surface area contributed by atoms with E-state index in [0.717, 1.165) is 15.3 Å². The smallest absolute Gasteiger partial charge is 0.319 e. The molecule has 0 saturated carbocycles. The molecule has 8 nitrogen and oxygen atoms in total. The summed E-state index contributed by atoms with van der Waals surface area (Å²) in [4.78, 5) is 17.3. The lowest BCUT2D eigenvalue weighted by atomic mass is 10.5. The van der Waals surface area contributed by atoms with Crippen LogP contribution in [0.3, 0.4) is 0 Å². The molecule has 0 aliphatic carbocycles. The molecule has 0 spiro atoms. The Morgan fingerprint density at radius 2 is 2.00 bits per heavy atom. The number of carbonyl (C=O) groups excluding carboxylic acids is 1. The number of amides is 1. The fourth-order valence-corrected chi connectivity index (χ4v) is 2.47. The molecule has 0 atom stereocenters. The molecule has 0 aromatic carbocycles. The first-order valence-corrected chi connectivity index (χ1v) is 7.71. The van der Waals surface area contributed by atoms with E-state index in [-0.39, 0.29) is 6.54 Å². The summed E-state index contributed by atoms with van der Waals surface area (Å²) in [6.45, 7) is 9.75. The molecule has 0 bridgehead atoms. The highest BCUT2D eigenvalue weighted by Crippen LogP contribution is 2.08. The summed E-state index contributed by atoms with van der Waals surface area (Å²) in [6, 6.07) is -0.460. The minimum absolute atomic E-state index is 0.127. The van der Waals surface area contributed by atoms with Crippen LogP contribution in [0.1, 0.15) is 6.92 Å². The van der Waals surface area contributed by atoms with Gasteiger partial charge in [-0.3, -0.25) is 0 Å². The van der Waals surface area contributed by atoms with Crippen molar-refractivity contribution < 1.29 is 13.2 Å². The van der Waals surface area contributed by atoms with Crippen molar-refractivity contribution in [2.45, 2.75) is 12.1 Å². The average Bonchev–Trinajstić information content (AvgIpc) is 2.94. The lowest BCUT2D eigenvalue weighted by Gasteiger charge is -2.17. The Balaban J connectivity index is 3.03. The zero-order valence-electron chi connectivity index (χ0n) is 12.1. The lowest BCUT2D eigenvalue weighted by Crippen LogP contribution is -2.35. The monoisotopic (exact) mass is 313 g/mol. The van der Waals surface area contributed by atoms with Crippen LogP contribution in [0.4, 0.5) is 4.79 Å². The maximum absolute atomic E-state index is 12.1. The lowest BCUT2D eigenvalue weighted by molar-refractivity contribution is 0.204. The number of aromatic nitrogens is 3. The van der Waals surface area contributed by atoms with E-state index in [1.54, 1.807) is 13.0 Å². The minimum Gasteiger partial charge on any atom is -0.319 e. The third-order valence-corrected chi connectivity index (χ3v) is 4.31. The molecule has 0 saturated heterocycles. The van der Waals surface area contributed by atoms with Gasteiger partial charge in [-0.25, -0.2) is 18.2 Å². The summed E-state index contributed by atoms with van der Waals surface area (Å²) in [5.74, 6) is 0. The molecule has 0 fully saturated rings. The zero-order chi connectivity index (χ0) is 16.0. The molecule has 1 rings (SSSR count). The second-order valence-corrected chi connectivity index (χ2v) is 6.09. The summed E-state index contributed by atoms with van der Waals surface area (Å²) in [5, 5.41) is 3.33. The standard InChI is InChI=1S/C12H19N5O3S/c1-5-8-15(4)21(19,20)11-13-10-17(14-11)12(18)16(7-3)9-6-2/h5-6,10H,1-2,7-9H2,3-4H3. The maximum atomic E-state index is 12.1. The number of rotatable bonds is 7. The molecule has 0 radical (unpaired) electrons. The van der Waals surface area contributed by atoms with Crippen LogP contribution < -0.4 is 0 Å². The quantitative estimate of drug-likeness (QED) is 0.686. The van der Waals surface area contributed by atoms with E-state index in [0.29, 0.717) is 13.1 Å². The van der Waals surface area contributed by atoms with E-state index in [4.69, 9.17) is 0 Å². The zero-order valence-corrected chi connectivity index (χ0v) is 13.0. The van der Waals surface area contributed by atoms with Gasteiger partial charge in [0.05, 0.1) is 0 Å². The van der Waals surface area contributed by atoms with Crippen LogP contribution in [0.2, 0.25) is 0 Å². The summed E-state index contributed by atoms with van der Waals surface area (Å²) in [6.07, 6.45) is 4.11. The van der Waals surface area contributed by atoms with Gasteiger partial charge in [0, 0.05) is 26.7 Å². The highest BCUT2D eigenvalue weighted by atomic mass is 32.2. The topological polar surface area (TPSA) is 88.4 Å². The minimum atomic E-state index is -3.83. The van der Waals surface area contributed by atoms with Crippen molar-refractivity contribution in [3.63, 3.8) is 0 Å². The van der Waals surface area contributed by atoms with Gasteiger partial charge >= 0.3 is 6.03 Å². The predicted octanol–water partition coefficient (Wildman–Crippen LogP) is 0.561. The first kappa shape index (κ1) is 17.1. The molecule has 0 aliphatic rings. The Kier molecular flexibility index (Phi) is 5.79. The van der Waals surface area contributed by atoms with Crippen LogP contribution >= 0.6 is 0 Å². The van der Waals surface area contributed by atoms with Crippen LogP contribution in [-0.4, -0.2) is 65.1 Å². The van der Waals surface area contributed by atoms with E-state index < -0.39 is 21.2 Å². The van der Waals surface area contributed by atoms with Crippen molar-refractivity contribution in [2.75, 3.05) is 26.7 Å². The van der Waals surface area contributed by atoms with Crippen LogP contribution in [0.25, 0.3) is 0 Å². The van der Waals surface area contributed by atoms with Crippen LogP contribution in [0.5, 0.6) is 0 Å². The van der Waals surface area contributed by atoms with Crippen molar-refractivity contribution in [3.8, 4) is 0 Å². The number of hydrogen-bond acceptors (Lipinski definition) is 5. The van der Waals surface area contributed by atoms with Gasteiger partial charge in [-0.15, -0.1) is 18.3 Å². The largest absolute Gasteiger partial charge is 0.346 e. The Hall–Kier alpha value is -2.00. The number of hydrogen-bond donors (Lipinski definition) is 0. The number of sulfonamides is 1. The van der Waals surface area contributed by atoms with Crippen molar-refractivity contribution >= 4 is 16.1 Å². The molecule has 116 valence electrons. The van der Waals surface area contributed by atoms with Gasteiger partial charge in [0.2, 0.25) is 0 Å². The molecule has 1 heterocycles. The molecule has 0 unspecified atom stereocenters. The second kappa shape index (κ2) is 7.14. The molecular weight excluding hydrogens is 294 g/mol. The Labute approximate surface area is 124 Å². The highest BCUT2D eigenvalue weighted by molar-refractivity contribution is 7.88. The Morgan fingerprint density at radius 1 is 1.38 bits per heavy atom. The summed E-state index contributed by atoms with van der Waals surface area (Å²) >= 11 is 0. The number of likely N-dealkylation sites (N-methyl/N-ethyl adjacent to an activating group) is 2. The number of carbonyl (C=O) groups is 1. The van der Waals surface area contributed by atoms with Gasteiger partial charge in [0.25, 0.3) is 15.2 Å². The molecule has 9 heteroatoms. The predicted molar refractivity (Wildman–Crippen MR) is 78.3 cm³/mol. The molecule has 0 aliphatic heterocycles. The second-order valence-electron chi connectivity index (χ2n) is 4.16. The third-order valence-electron chi connectivity index (χ3n) is 2.70. The van der Waals surface area contributed by atoms with Crippen molar-refractivity contribution in [3.05, 3.63) is 31.6 Å². The molecular formula is C12H19N5O3S. The Bertz CT molecular complexity index is 623. The molecule has 1 amide bonds. The van der Waals surface area contributed by atoms with Crippen LogP contribution in [0.15, 0.2) is 36.8 Å². The molecule has 1 aromatic heterocycles. The first-order valence-electron chi connectivity index (χ1n) is 6.27. The fourth-order valence-electron chi connectivity index (χ4n) is 1.52. The summed E-state index contributed by atoms with van der Waals surface area (Å²) in [7, 11) is -2.45. The first-order chi connectivity index (χ1) is 9.88. The van der Waals surface area contributed by atoms with Crippen molar-refractivity contribution in [1.29, 1.82) is 0 Å².